The van der Waals surface area contributed by atoms with Gasteiger partial charge in [0.25, 0.3) is 5.91 Å². The molecule has 19 heavy (non-hydrogen) atoms. The molecule has 2 N–H and O–H groups in total. The van der Waals surface area contributed by atoms with Gasteiger partial charge < -0.3 is 10.5 Å². The van der Waals surface area contributed by atoms with E-state index >= 15 is 0 Å². The van der Waals surface area contributed by atoms with E-state index in [1.165, 1.54) is 0 Å². The highest BCUT2D eigenvalue weighted by Crippen LogP contribution is 2.29. The van der Waals surface area contributed by atoms with Gasteiger partial charge in [-0.2, -0.15) is 0 Å². The van der Waals surface area contributed by atoms with Crippen molar-refractivity contribution in [3.8, 4) is 5.75 Å². The van der Waals surface area contributed by atoms with Gasteiger partial charge in [0.1, 0.15) is 5.75 Å². The van der Waals surface area contributed by atoms with Crippen molar-refractivity contribution in [1.29, 1.82) is 0 Å². The lowest BCUT2D eigenvalue weighted by Crippen LogP contribution is -2.26. The first-order valence-electron chi connectivity index (χ1n) is 5.54. The van der Waals surface area contributed by atoms with E-state index in [2.05, 4.69) is 0 Å². The molecule has 0 heterocycles. The highest BCUT2D eigenvalue weighted by molar-refractivity contribution is 6.42. The monoisotopic (exact) mass is 295 g/mol. The van der Waals surface area contributed by atoms with Crippen molar-refractivity contribution < 1.29 is 9.53 Å². The number of carbonyl (C=O) groups excluding carboxylic acids is 1. The topological polar surface area (TPSA) is 52.3 Å². The summed E-state index contributed by atoms with van der Waals surface area (Å²) in [6, 6.07) is 13.8. The third kappa shape index (κ3) is 3.40. The van der Waals surface area contributed by atoms with Gasteiger partial charge in [-0.25, -0.2) is 0 Å². The van der Waals surface area contributed by atoms with Crippen LogP contribution in [0.1, 0.15) is 11.7 Å². The van der Waals surface area contributed by atoms with E-state index in [-0.39, 0.29) is 0 Å². The fraction of sp³-hybridized carbons (Fsp3) is 0.0714. The number of carbonyl (C=O) groups is 1. The SMILES string of the molecule is NC(=O)C(Oc1ccc(Cl)c(Cl)c1)c1ccccc1. The molecular formula is C14H11Cl2NO2. The predicted octanol–water partition coefficient (Wildman–Crippen LogP) is 3.60. The Bertz CT molecular complexity index is 587. The molecule has 2 aromatic rings. The van der Waals surface area contributed by atoms with Crippen molar-refractivity contribution in [3.05, 3.63) is 64.1 Å². The quantitative estimate of drug-likeness (QED) is 0.937. The number of hydrogen-bond acceptors (Lipinski definition) is 2. The van der Waals surface area contributed by atoms with Gasteiger partial charge in [0, 0.05) is 11.6 Å². The molecule has 0 aliphatic heterocycles. The lowest BCUT2D eigenvalue weighted by atomic mass is 10.1. The molecule has 0 aliphatic rings. The van der Waals surface area contributed by atoms with E-state index in [1.54, 1.807) is 30.3 Å². The minimum absolute atomic E-state index is 0.357. The number of halogens is 2. The van der Waals surface area contributed by atoms with E-state index in [0.717, 1.165) is 0 Å². The Morgan fingerprint density at radius 1 is 1.05 bits per heavy atom. The molecular weight excluding hydrogens is 285 g/mol. The van der Waals surface area contributed by atoms with Crippen LogP contribution in [0.4, 0.5) is 0 Å². The maximum Gasteiger partial charge on any atom is 0.263 e. The molecule has 98 valence electrons. The van der Waals surface area contributed by atoms with Crippen molar-refractivity contribution >= 4 is 29.1 Å². The van der Waals surface area contributed by atoms with Gasteiger partial charge in [-0.3, -0.25) is 4.79 Å². The molecule has 0 saturated heterocycles. The second-order valence-electron chi connectivity index (χ2n) is 3.89. The Hall–Kier alpha value is -1.71. The minimum Gasteiger partial charge on any atom is -0.476 e. The molecule has 0 aromatic heterocycles. The molecule has 0 radical (unpaired) electrons. The highest BCUT2D eigenvalue weighted by atomic mass is 35.5. The number of benzene rings is 2. The van der Waals surface area contributed by atoms with Crippen molar-refractivity contribution in [2.24, 2.45) is 5.73 Å². The maximum atomic E-state index is 11.5. The standard InChI is InChI=1S/C14H11Cl2NO2/c15-11-7-6-10(8-12(11)16)19-13(14(17)18)9-4-2-1-3-5-9/h1-8,13H,(H2,17,18). The summed E-state index contributed by atoms with van der Waals surface area (Å²) in [5, 5.41) is 0.778. The number of hydrogen-bond donors (Lipinski definition) is 1. The average molecular weight is 296 g/mol. The average Bonchev–Trinajstić information content (AvgIpc) is 2.40. The van der Waals surface area contributed by atoms with Gasteiger partial charge in [0.05, 0.1) is 10.0 Å². The van der Waals surface area contributed by atoms with E-state index < -0.39 is 12.0 Å². The summed E-state index contributed by atoms with van der Waals surface area (Å²) in [7, 11) is 0. The van der Waals surface area contributed by atoms with E-state index in [1.807, 2.05) is 18.2 Å². The summed E-state index contributed by atoms with van der Waals surface area (Å²) < 4.78 is 5.58. The largest absolute Gasteiger partial charge is 0.476 e. The molecule has 0 spiro atoms. The van der Waals surface area contributed by atoms with Gasteiger partial charge in [0.15, 0.2) is 0 Å². The molecule has 2 rings (SSSR count). The first-order chi connectivity index (χ1) is 9.08. The summed E-state index contributed by atoms with van der Waals surface area (Å²) in [6.07, 6.45) is -0.863. The molecule has 1 unspecified atom stereocenters. The van der Waals surface area contributed by atoms with Crippen LogP contribution in [0, 0.1) is 0 Å². The normalized spacial score (nSPS) is 11.9. The molecule has 2 aromatic carbocycles. The molecule has 1 atom stereocenters. The number of ether oxygens (including phenoxy) is 1. The zero-order valence-electron chi connectivity index (χ0n) is 9.85. The number of primary amides is 1. The number of amides is 1. The Morgan fingerprint density at radius 3 is 2.32 bits per heavy atom. The van der Waals surface area contributed by atoms with Crippen LogP contribution in [0.25, 0.3) is 0 Å². The lowest BCUT2D eigenvalue weighted by molar-refractivity contribution is -0.125. The molecule has 5 heteroatoms. The number of nitrogens with two attached hydrogens (primary N) is 1. The van der Waals surface area contributed by atoms with Crippen LogP contribution in [-0.2, 0) is 4.79 Å². The summed E-state index contributed by atoms with van der Waals surface area (Å²) in [5.74, 6) is -0.140. The molecule has 0 aliphatic carbocycles. The summed E-state index contributed by atoms with van der Waals surface area (Å²) in [4.78, 5) is 11.5. The Morgan fingerprint density at radius 2 is 1.74 bits per heavy atom. The summed E-state index contributed by atoms with van der Waals surface area (Å²) in [5.41, 5.74) is 6.04. The van der Waals surface area contributed by atoms with E-state index in [0.29, 0.717) is 21.4 Å². The third-order valence-corrected chi connectivity index (χ3v) is 3.24. The molecule has 0 fully saturated rings. The summed E-state index contributed by atoms with van der Waals surface area (Å²) in [6.45, 7) is 0. The second-order valence-corrected chi connectivity index (χ2v) is 4.70. The predicted molar refractivity (Wildman–Crippen MR) is 75.5 cm³/mol. The second kappa shape index (κ2) is 5.95. The Balaban J connectivity index is 2.27. The molecule has 0 bridgehead atoms. The van der Waals surface area contributed by atoms with Crippen LogP contribution >= 0.6 is 23.2 Å². The zero-order chi connectivity index (χ0) is 13.8. The van der Waals surface area contributed by atoms with E-state index in [9.17, 15) is 4.79 Å². The van der Waals surface area contributed by atoms with Gasteiger partial charge in [0.2, 0.25) is 6.10 Å². The molecule has 0 saturated carbocycles. The van der Waals surface area contributed by atoms with Gasteiger partial charge >= 0.3 is 0 Å². The lowest BCUT2D eigenvalue weighted by Gasteiger charge is -2.16. The first kappa shape index (κ1) is 13.7. The van der Waals surface area contributed by atoms with Crippen molar-refractivity contribution in [2.75, 3.05) is 0 Å². The van der Waals surface area contributed by atoms with Gasteiger partial charge in [-0.1, -0.05) is 53.5 Å². The smallest absolute Gasteiger partial charge is 0.263 e. The third-order valence-electron chi connectivity index (χ3n) is 2.51. The van der Waals surface area contributed by atoms with Crippen LogP contribution < -0.4 is 10.5 Å². The van der Waals surface area contributed by atoms with Crippen molar-refractivity contribution in [2.45, 2.75) is 6.10 Å². The van der Waals surface area contributed by atoms with Gasteiger partial charge in [-0.05, 0) is 12.1 Å². The molecule has 3 nitrogen and oxygen atoms in total. The van der Waals surface area contributed by atoms with E-state index in [4.69, 9.17) is 33.7 Å². The first-order valence-corrected chi connectivity index (χ1v) is 6.29. The fourth-order valence-electron chi connectivity index (χ4n) is 1.60. The highest BCUT2D eigenvalue weighted by Gasteiger charge is 2.19. The van der Waals surface area contributed by atoms with Crippen molar-refractivity contribution in [3.63, 3.8) is 0 Å². The fourth-order valence-corrected chi connectivity index (χ4v) is 1.89. The Labute approximate surface area is 120 Å². The van der Waals surface area contributed by atoms with Crippen LogP contribution in [0.3, 0.4) is 0 Å². The Kier molecular flexibility index (Phi) is 4.30. The van der Waals surface area contributed by atoms with Crippen LogP contribution in [0.2, 0.25) is 10.0 Å². The molecule has 1 amide bonds. The van der Waals surface area contributed by atoms with Crippen molar-refractivity contribution in [1.82, 2.24) is 0 Å². The van der Waals surface area contributed by atoms with Crippen LogP contribution in [0.15, 0.2) is 48.5 Å². The van der Waals surface area contributed by atoms with Crippen LogP contribution in [-0.4, -0.2) is 5.91 Å². The summed E-state index contributed by atoms with van der Waals surface area (Å²) >= 11 is 11.7. The van der Waals surface area contributed by atoms with Crippen LogP contribution in [0.5, 0.6) is 5.75 Å². The minimum atomic E-state index is -0.863. The zero-order valence-corrected chi connectivity index (χ0v) is 11.4. The number of rotatable bonds is 4. The maximum absolute atomic E-state index is 11.5. The van der Waals surface area contributed by atoms with Gasteiger partial charge in [-0.15, -0.1) is 0 Å².